The van der Waals surface area contributed by atoms with Crippen LogP contribution in [0.25, 0.3) is 0 Å². The van der Waals surface area contributed by atoms with Crippen molar-refractivity contribution < 1.29 is 9.90 Å². The molecule has 17 heavy (non-hydrogen) atoms. The van der Waals surface area contributed by atoms with Crippen molar-refractivity contribution in [2.24, 2.45) is 5.41 Å². The van der Waals surface area contributed by atoms with E-state index in [9.17, 15) is 4.79 Å². The lowest BCUT2D eigenvalue weighted by molar-refractivity contribution is -0.125. The van der Waals surface area contributed by atoms with Gasteiger partial charge in [0.15, 0.2) is 0 Å². The van der Waals surface area contributed by atoms with E-state index < -0.39 is 0 Å². The molecule has 1 amide bonds. The number of nitrogens with one attached hydrogen (secondary N) is 2. The second-order valence-corrected chi connectivity index (χ2v) is 5.94. The Hall–Kier alpha value is -0.610. The Morgan fingerprint density at radius 1 is 1.47 bits per heavy atom. The second kappa shape index (κ2) is 6.36. The third kappa shape index (κ3) is 4.64. The minimum absolute atomic E-state index is 0.0208. The molecule has 2 unspecified atom stereocenters. The monoisotopic (exact) mass is 242 g/mol. The van der Waals surface area contributed by atoms with Crippen LogP contribution in [0, 0.1) is 5.41 Å². The van der Waals surface area contributed by atoms with Crippen LogP contribution < -0.4 is 10.6 Å². The van der Waals surface area contributed by atoms with Crippen molar-refractivity contribution >= 4 is 5.91 Å². The van der Waals surface area contributed by atoms with E-state index >= 15 is 0 Å². The van der Waals surface area contributed by atoms with Crippen LogP contribution in [0.3, 0.4) is 0 Å². The highest BCUT2D eigenvalue weighted by Gasteiger charge is 2.28. The summed E-state index contributed by atoms with van der Waals surface area (Å²) in [6, 6.07) is -0.0176. The maximum Gasteiger partial charge on any atom is 0.237 e. The molecule has 0 aromatic rings. The van der Waals surface area contributed by atoms with Gasteiger partial charge in [0.1, 0.15) is 0 Å². The van der Waals surface area contributed by atoms with Crippen molar-refractivity contribution in [3.63, 3.8) is 0 Å². The summed E-state index contributed by atoms with van der Waals surface area (Å²) in [4.78, 5) is 12.1. The van der Waals surface area contributed by atoms with E-state index in [-0.39, 0.29) is 30.0 Å². The van der Waals surface area contributed by atoms with E-state index in [2.05, 4.69) is 31.4 Å². The summed E-state index contributed by atoms with van der Waals surface area (Å²) in [7, 11) is 0. The second-order valence-electron chi connectivity index (χ2n) is 5.94. The van der Waals surface area contributed by atoms with Gasteiger partial charge in [-0.05, 0) is 31.2 Å². The molecular weight excluding hydrogens is 216 g/mol. The molecule has 4 heteroatoms. The quantitative estimate of drug-likeness (QED) is 0.690. The number of hydrogen-bond acceptors (Lipinski definition) is 3. The summed E-state index contributed by atoms with van der Waals surface area (Å²) in [6.45, 7) is 7.30. The molecule has 0 aromatic heterocycles. The first-order valence-corrected chi connectivity index (χ1v) is 6.60. The first-order valence-electron chi connectivity index (χ1n) is 6.60. The van der Waals surface area contributed by atoms with Gasteiger partial charge < -0.3 is 15.7 Å². The first-order chi connectivity index (χ1) is 7.95. The van der Waals surface area contributed by atoms with Crippen LogP contribution in [-0.2, 0) is 4.79 Å². The Balaban J connectivity index is 2.51. The number of rotatable bonds is 4. The Labute approximate surface area is 104 Å². The average molecular weight is 242 g/mol. The van der Waals surface area contributed by atoms with Crippen LogP contribution in [0.15, 0.2) is 0 Å². The van der Waals surface area contributed by atoms with E-state index in [0.717, 1.165) is 25.8 Å². The largest absolute Gasteiger partial charge is 0.396 e. The zero-order chi connectivity index (χ0) is 12.9. The lowest BCUT2D eigenvalue weighted by Crippen LogP contribution is -2.52. The Bertz CT molecular complexity index is 242. The number of piperidine rings is 1. The molecule has 0 saturated carbocycles. The third-order valence-corrected chi connectivity index (χ3v) is 3.41. The average Bonchev–Trinajstić information content (AvgIpc) is 2.28. The molecule has 0 radical (unpaired) electrons. The smallest absolute Gasteiger partial charge is 0.237 e. The van der Waals surface area contributed by atoms with Crippen LogP contribution in [0.5, 0.6) is 0 Å². The Morgan fingerprint density at radius 3 is 2.65 bits per heavy atom. The number of amides is 1. The highest BCUT2D eigenvalue weighted by molar-refractivity contribution is 5.82. The van der Waals surface area contributed by atoms with Crippen LogP contribution in [0.1, 0.15) is 46.5 Å². The van der Waals surface area contributed by atoms with Gasteiger partial charge in [0.2, 0.25) is 5.91 Å². The SMILES string of the molecule is CC(C)(C)C(CCO)NC(=O)C1CCCCN1. The van der Waals surface area contributed by atoms with E-state index in [0.29, 0.717) is 6.42 Å². The third-order valence-electron chi connectivity index (χ3n) is 3.41. The van der Waals surface area contributed by atoms with Gasteiger partial charge in [-0.25, -0.2) is 0 Å². The van der Waals surface area contributed by atoms with Gasteiger partial charge in [-0.2, -0.15) is 0 Å². The predicted octanol–water partition coefficient (Wildman–Crippen LogP) is 1.04. The normalized spacial score (nSPS) is 23.2. The minimum Gasteiger partial charge on any atom is -0.396 e. The van der Waals surface area contributed by atoms with Crippen LogP contribution in [0.4, 0.5) is 0 Å². The van der Waals surface area contributed by atoms with Crippen molar-refractivity contribution in [3.8, 4) is 0 Å². The summed E-state index contributed by atoms with van der Waals surface area (Å²) >= 11 is 0. The maximum absolute atomic E-state index is 12.1. The highest BCUT2D eigenvalue weighted by atomic mass is 16.3. The Morgan fingerprint density at radius 2 is 2.18 bits per heavy atom. The van der Waals surface area contributed by atoms with E-state index in [1.54, 1.807) is 0 Å². The van der Waals surface area contributed by atoms with Crippen molar-refractivity contribution in [2.45, 2.75) is 58.5 Å². The van der Waals surface area contributed by atoms with Crippen molar-refractivity contribution in [1.82, 2.24) is 10.6 Å². The zero-order valence-electron chi connectivity index (χ0n) is 11.3. The van der Waals surface area contributed by atoms with Crippen LogP contribution in [0.2, 0.25) is 0 Å². The highest BCUT2D eigenvalue weighted by Crippen LogP contribution is 2.22. The van der Waals surface area contributed by atoms with Crippen molar-refractivity contribution in [1.29, 1.82) is 0 Å². The molecule has 0 bridgehead atoms. The summed E-state index contributed by atoms with van der Waals surface area (Å²) < 4.78 is 0. The molecule has 100 valence electrons. The number of carbonyl (C=O) groups is 1. The standard InChI is InChI=1S/C13H26N2O2/c1-13(2,3)11(7-9-16)15-12(17)10-6-4-5-8-14-10/h10-11,14,16H,4-9H2,1-3H3,(H,15,17). The van der Waals surface area contributed by atoms with Gasteiger partial charge in [-0.1, -0.05) is 27.2 Å². The molecule has 1 rings (SSSR count). The topological polar surface area (TPSA) is 61.4 Å². The molecule has 1 saturated heterocycles. The molecular formula is C13H26N2O2. The maximum atomic E-state index is 12.1. The fraction of sp³-hybridized carbons (Fsp3) is 0.923. The molecule has 3 N–H and O–H groups in total. The molecule has 0 spiro atoms. The van der Waals surface area contributed by atoms with Gasteiger partial charge in [0.05, 0.1) is 6.04 Å². The molecule has 0 aromatic carbocycles. The van der Waals surface area contributed by atoms with E-state index in [1.807, 2.05) is 0 Å². The predicted molar refractivity (Wildman–Crippen MR) is 68.7 cm³/mol. The molecule has 1 heterocycles. The number of carbonyl (C=O) groups excluding carboxylic acids is 1. The van der Waals surface area contributed by atoms with Crippen LogP contribution >= 0.6 is 0 Å². The molecule has 1 aliphatic rings. The van der Waals surface area contributed by atoms with Gasteiger partial charge >= 0.3 is 0 Å². The van der Waals surface area contributed by atoms with E-state index in [1.165, 1.54) is 0 Å². The molecule has 1 fully saturated rings. The molecule has 2 atom stereocenters. The fourth-order valence-corrected chi connectivity index (χ4v) is 2.20. The fourth-order valence-electron chi connectivity index (χ4n) is 2.20. The summed E-state index contributed by atoms with van der Waals surface area (Å²) in [5, 5.41) is 15.4. The summed E-state index contributed by atoms with van der Waals surface area (Å²) in [5.41, 5.74) is -0.0208. The lowest BCUT2D eigenvalue weighted by Gasteiger charge is -2.33. The molecule has 0 aliphatic carbocycles. The number of hydrogen-bond donors (Lipinski definition) is 3. The van der Waals surface area contributed by atoms with Gasteiger partial charge in [0, 0.05) is 12.6 Å². The van der Waals surface area contributed by atoms with Crippen molar-refractivity contribution in [3.05, 3.63) is 0 Å². The van der Waals surface area contributed by atoms with Gasteiger partial charge in [0.25, 0.3) is 0 Å². The van der Waals surface area contributed by atoms with Gasteiger partial charge in [-0.15, -0.1) is 0 Å². The Kier molecular flexibility index (Phi) is 5.40. The number of aliphatic hydroxyl groups is 1. The lowest BCUT2D eigenvalue weighted by atomic mass is 9.84. The summed E-state index contributed by atoms with van der Waals surface area (Å²) in [6.07, 6.45) is 3.80. The summed E-state index contributed by atoms with van der Waals surface area (Å²) in [5.74, 6) is 0.0816. The molecule has 1 aliphatic heterocycles. The zero-order valence-corrected chi connectivity index (χ0v) is 11.3. The van der Waals surface area contributed by atoms with Crippen molar-refractivity contribution in [2.75, 3.05) is 13.2 Å². The minimum atomic E-state index is -0.0488. The van der Waals surface area contributed by atoms with E-state index in [4.69, 9.17) is 5.11 Å². The first kappa shape index (κ1) is 14.5. The van der Waals surface area contributed by atoms with Gasteiger partial charge in [-0.3, -0.25) is 4.79 Å². The number of aliphatic hydroxyl groups excluding tert-OH is 1. The molecule has 4 nitrogen and oxygen atoms in total. The van der Waals surface area contributed by atoms with Crippen LogP contribution in [-0.4, -0.2) is 36.2 Å².